The number of unbranched alkanes of at least 4 members (excludes halogenated alkanes) is 1. The van der Waals surface area contributed by atoms with Crippen molar-refractivity contribution >= 4 is 34.2 Å². The van der Waals surface area contributed by atoms with Crippen LogP contribution >= 0.6 is 23.2 Å². The predicted molar refractivity (Wildman–Crippen MR) is 183 cm³/mol. The van der Waals surface area contributed by atoms with Gasteiger partial charge >= 0.3 is 0 Å². The van der Waals surface area contributed by atoms with Gasteiger partial charge in [0, 0.05) is 42.4 Å². The Balaban J connectivity index is 1.06. The summed E-state index contributed by atoms with van der Waals surface area (Å²) < 4.78 is 23.2. The number of rotatable bonds is 14. The van der Waals surface area contributed by atoms with Gasteiger partial charge in [0.25, 0.3) is 0 Å². The Hall–Kier alpha value is -3.86. The van der Waals surface area contributed by atoms with E-state index in [1.54, 1.807) is 12.1 Å². The molecule has 3 N–H and O–H groups in total. The number of likely N-dealkylation sites (tertiary alicyclic amines) is 1. The lowest BCUT2D eigenvalue weighted by atomic mass is 10.0. The maximum atomic E-state index is 9.69. The smallest absolute Gasteiger partial charge is 0.142 e. The van der Waals surface area contributed by atoms with Crippen LogP contribution in [0.2, 0.25) is 10.0 Å². The molecule has 0 amide bonds. The number of hydrogen-bond donors (Lipinski definition) is 2. The topological polar surface area (TPSA) is 116 Å². The standard InChI is InChI=1S/C36H38Cl2N4O5/c37-31-19-27(21-39)34(45-22-24-9-10-32-33(17-24)41-47-40-32)20-35(31)46-23-26-6-4-8-30(36(26)38)25-5-3-7-29(18-25)44-16-2-1-13-42-14-11-28(43)12-15-42/h3-10,17-20,28,43H,1-2,11-16,21-23,39H2. The van der Waals surface area contributed by atoms with Gasteiger partial charge in [0.15, 0.2) is 0 Å². The van der Waals surface area contributed by atoms with Gasteiger partial charge in [-0.2, -0.15) is 0 Å². The summed E-state index contributed by atoms with van der Waals surface area (Å²) in [6.07, 6.45) is 3.63. The van der Waals surface area contributed by atoms with Crippen molar-refractivity contribution < 1.29 is 23.9 Å². The molecule has 1 aliphatic rings. The number of aliphatic hydroxyl groups excluding tert-OH is 1. The average molecular weight is 678 g/mol. The summed E-state index contributed by atoms with van der Waals surface area (Å²) in [5.74, 6) is 1.84. The summed E-state index contributed by atoms with van der Waals surface area (Å²) in [7, 11) is 0. The third-order valence-electron chi connectivity index (χ3n) is 8.35. The second-order valence-corrected chi connectivity index (χ2v) is 12.5. The fourth-order valence-corrected chi connectivity index (χ4v) is 6.18. The first kappa shape index (κ1) is 33.1. The van der Waals surface area contributed by atoms with Crippen LogP contribution in [0.5, 0.6) is 17.2 Å². The minimum Gasteiger partial charge on any atom is -0.494 e. The molecule has 47 heavy (non-hydrogen) atoms. The third-order valence-corrected chi connectivity index (χ3v) is 9.09. The normalized spacial score (nSPS) is 14.0. The van der Waals surface area contributed by atoms with Gasteiger partial charge in [-0.15, -0.1) is 0 Å². The molecular formula is C36H38Cl2N4O5. The van der Waals surface area contributed by atoms with Gasteiger partial charge in [-0.3, -0.25) is 0 Å². The van der Waals surface area contributed by atoms with Crippen molar-refractivity contribution in [1.29, 1.82) is 0 Å². The van der Waals surface area contributed by atoms with Crippen molar-refractivity contribution in [2.24, 2.45) is 5.73 Å². The van der Waals surface area contributed by atoms with Gasteiger partial charge in [0.2, 0.25) is 0 Å². The van der Waals surface area contributed by atoms with E-state index in [0.717, 1.165) is 78.9 Å². The highest BCUT2D eigenvalue weighted by Crippen LogP contribution is 2.36. The second-order valence-electron chi connectivity index (χ2n) is 11.7. The molecule has 11 heteroatoms. The van der Waals surface area contributed by atoms with E-state index in [1.165, 1.54) is 0 Å². The quantitative estimate of drug-likeness (QED) is 0.116. The van der Waals surface area contributed by atoms with Crippen molar-refractivity contribution in [3.63, 3.8) is 0 Å². The van der Waals surface area contributed by atoms with Gasteiger partial charge in [-0.05, 0) is 84.0 Å². The van der Waals surface area contributed by atoms with Crippen molar-refractivity contribution in [2.45, 2.75) is 51.5 Å². The Bertz CT molecular complexity index is 1790. The molecule has 246 valence electrons. The van der Waals surface area contributed by atoms with Crippen LogP contribution in [0.25, 0.3) is 22.2 Å². The number of benzene rings is 4. The summed E-state index contributed by atoms with van der Waals surface area (Å²) in [6, 6.07) is 23.0. The lowest BCUT2D eigenvalue weighted by Crippen LogP contribution is -2.36. The van der Waals surface area contributed by atoms with Crippen molar-refractivity contribution in [2.75, 3.05) is 26.2 Å². The molecule has 9 nitrogen and oxygen atoms in total. The van der Waals surface area contributed by atoms with E-state index in [4.69, 9.17) is 47.8 Å². The average Bonchev–Trinajstić information content (AvgIpc) is 3.56. The molecule has 1 saturated heterocycles. The van der Waals surface area contributed by atoms with Gasteiger partial charge < -0.3 is 30.0 Å². The molecule has 1 aromatic heterocycles. The molecule has 2 heterocycles. The van der Waals surface area contributed by atoms with Crippen LogP contribution in [0, 0.1) is 0 Å². The molecule has 0 atom stereocenters. The molecule has 4 aromatic carbocycles. The van der Waals surface area contributed by atoms with Crippen LogP contribution in [0.3, 0.4) is 0 Å². The largest absolute Gasteiger partial charge is 0.494 e. The van der Waals surface area contributed by atoms with Crippen LogP contribution in [0.15, 0.2) is 77.4 Å². The minimum absolute atomic E-state index is 0.137. The lowest BCUT2D eigenvalue weighted by molar-refractivity contribution is 0.0812. The van der Waals surface area contributed by atoms with Gasteiger partial charge in [-0.1, -0.05) is 59.6 Å². The number of ether oxygens (including phenoxy) is 3. The molecule has 0 aliphatic carbocycles. The highest BCUT2D eigenvalue weighted by atomic mass is 35.5. The Morgan fingerprint density at radius 2 is 1.64 bits per heavy atom. The number of nitrogens with zero attached hydrogens (tertiary/aromatic N) is 3. The molecule has 6 rings (SSSR count). The molecule has 1 aliphatic heterocycles. The Labute approximate surface area is 284 Å². The SMILES string of the molecule is NCc1cc(Cl)c(OCc2cccc(-c3cccc(OCCCCN4CCC(O)CC4)c3)c2Cl)cc1OCc1ccc2nonc2c1. The Kier molecular flexibility index (Phi) is 11.1. The maximum absolute atomic E-state index is 9.69. The van der Waals surface area contributed by atoms with E-state index < -0.39 is 0 Å². The van der Waals surface area contributed by atoms with E-state index in [0.29, 0.717) is 39.2 Å². The van der Waals surface area contributed by atoms with E-state index in [-0.39, 0.29) is 25.9 Å². The first-order chi connectivity index (χ1) is 23.0. The first-order valence-corrected chi connectivity index (χ1v) is 16.6. The molecular weight excluding hydrogens is 639 g/mol. The molecule has 0 bridgehead atoms. The number of aromatic nitrogens is 2. The van der Waals surface area contributed by atoms with Gasteiger partial charge in [-0.25, -0.2) is 4.63 Å². The number of halogens is 2. The Morgan fingerprint density at radius 3 is 2.49 bits per heavy atom. The van der Waals surface area contributed by atoms with Crippen molar-refractivity contribution in [3.8, 4) is 28.4 Å². The highest BCUT2D eigenvalue weighted by molar-refractivity contribution is 6.34. The molecule has 1 fully saturated rings. The maximum Gasteiger partial charge on any atom is 0.142 e. The third kappa shape index (κ3) is 8.54. The number of hydrogen-bond acceptors (Lipinski definition) is 9. The molecule has 0 radical (unpaired) electrons. The zero-order valence-corrected chi connectivity index (χ0v) is 27.6. The number of fused-ring (bicyclic) bond motifs is 1. The summed E-state index contributed by atoms with van der Waals surface area (Å²) >= 11 is 13.5. The fraction of sp³-hybridized carbons (Fsp3) is 0.333. The summed E-state index contributed by atoms with van der Waals surface area (Å²) in [6.45, 7) is 4.37. The predicted octanol–water partition coefficient (Wildman–Crippen LogP) is 7.43. The van der Waals surface area contributed by atoms with Crippen LogP contribution in [-0.2, 0) is 19.8 Å². The van der Waals surface area contributed by atoms with Gasteiger partial charge in [0.05, 0.1) is 22.8 Å². The van der Waals surface area contributed by atoms with Crippen LogP contribution in [0.4, 0.5) is 0 Å². The van der Waals surface area contributed by atoms with E-state index in [2.05, 4.69) is 15.2 Å². The summed E-state index contributed by atoms with van der Waals surface area (Å²) in [4.78, 5) is 2.42. The zero-order chi connectivity index (χ0) is 32.6. The molecule has 0 unspecified atom stereocenters. The highest BCUT2D eigenvalue weighted by Gasteiger charge is 2.17. The minimum atomic E-state index is -0.137. The number of aliphatic hydroxyl groups is 1. The van der Waals surface area contributed by atoms with E-state index in [9.17, 15) is 5.11 Å². The summed E-state index contributed by atoms with van der Waals surface area (Å²) in [5, 5.41) is 18.5. The van der Waals surface area contributed by atoms with Crippen molar-refractivity contribution in [3.05, 3.63) is 99.5 Å². The summed E-state index contributed by atoms with van der Waals surface area (Å²) in [5.41, 5.74) is 11.7. The number of nitrogens with two attached hydrogens (primary N) is 1. The van der Waals surface area contributed by atoms with E-state index in [1.807, 2.05) is 60.7 Å². The van der Waals surface area contributed by atoms with Crippen LogP contribution < -0.4 is 19.9 Å². The van der Waals surface area contributed by atoms with Crippen LogP contribution in [-0.4, -0.2) is 52.7 Å². The van der Waals surface area contributed by atoms with Crippen LogP contribution in [0.1, 0.15) is 42.4 Å². The van der Waals surface area contributed by atoms with E-state index >= 15 is 0 Å². The lowest BCUT2D eigenvalue weighted by Gasteiger charge is -2.29. The monoisotopic (exact) mass is 676 g/mol. The molecule has 5 aromatic rings. The Morgan fingerprint density at radius 1 is 0.830 bits per heavy atom. The van der Waals surface area contributed by atoms with Gasteiger partial charge in [0.1, 0.15) is 41.5 Å². The molecule has 0 saturated carbocycles. The zero-order valence-electron chi connectivity index (χ0n) is 26.0. The van der Waals surface area contributed by atoms with Crippen molar-refractivity contribution in [1.82, 2.24) is 15.2 Å². The fourth-order valence-electron chi connectivity index (χ4n) is 5.65. The second kappa shape index (κ2) is 15.8. The molecule has 0 spiro atoms. The first-order valence-electron chi connectivity index (χ1n) is 15.9. The number of piperidine rings is 1.